The Kier molecular flexibility index (Phi) is 4.21. The smallest absolute Gasteiger partial charge is 0.226 e. The molecule has 0 radical (unpaired) electrons. The molecule has 0 unspecified atom stereocenters. The van der Waals surface area contributed by atoms with Gasteiger partial charge in [-0.05, 0) is 29.8 Å². The van der Waals surface area contributed by atoms with Crippen LogP contribution in [0.15, 0.2) is 63.7 Å². The van der Waals surface area contributed by atoms with Gasteiger partial charge in [-0.3, -0.25) is 0 Å². The lowest BCUT2D eigenvalue weighted by molar-refractivity contribution is 0.575. The summed E-state index contributed by atoms with van der Waals surface area (Å²) >= 11 is 5.78. The van der Waals surface area contributed by atoms with E-state index in [1.807, 2.05) is 24.3 Å². The minimum Gasteiger partial charge on any atom is -0.444 e. The van der Waals surface area contributed by atoms with Crippen LogP contribution in [0.3, 0.4) is 0 Å². The molecule has 20 heavy (non-hydrogen) atoms. The number of alkyl halides is 1. The highest BCUT2D eigenvalue weighted by molar-refractivity contribution is 14.1. The Hall–Kier alpha value is -1.14. The van der Waals surface area contributed by atoms with Gasteiger partial charge in [0.1, 0.15) is 12.0 Å². The molecular formula is C16H11BrINO. The fourth-order valence-electron chi connectivity index (χ4n) is 1.90. The van der Waals surface area contributed by atoms with E-state index in [-0.39, 0.29) is 0 Å². The summed E-state index contributed by atoms with van der Waals surface area (Å²) in [6.07, 6.45) is 1.70. The van der Waals surface area contributed by atoms with E-state index in [0.717, 1.165) is 25.7 Å². The monoisotopic (exact) mass is 439 g/mol. The normalized spacial score (nSPS) is 10.7. The molecule has 0 atom stereocenters. The second kappa shape index (κ2) is 6.10. The number of halogens is 2. The van der Waals surface area contributed by atoms with Gasteiger partial charge < -0.3 is 4.42 Å². The third-order valence-electron chi connectivity index (χ3n) is 3.00. The molecule has 0 aliphatic carbocycles. The van der Waals surface area contributed by atoms with Gasteiger partial charge in [0.25, 0.3) is 0 Å². The highest BCUT2D eigenvalue weighted by atomic mass is 127. The van der Waals surface area contributed by atoms with Gasteiger partial charge in [0.2, 0.25) is 5.89 Å². The number of nitrogens with zero attached hydrogens (tertiary/aromatic N) is 1. The Labute approximate surface area is 139 Å². The second-order valence-electron chi connectivity index (χ2n) is 4.38. The van der Waals surface area contributed by atoms with Crippen LogP contribution in [0.1, 0.15) is 5.56 Å². The summed E-state index contributed by atoms with van der Waals surface area (Å²) in [7, 11) is 0. The van der Waals surface area contributed by atoms with Gasteiger partial charge in [0, 0.05) is 20.0 Å². The molecular weight excluding hydrogens is 429 g/mol. The molecule has 0 amide bonds. The van der Waals surface area contributed by atoms with Gasteiger partial charge in [-0.2, -0.15) is 0 Å². The summed E-state index contributed by atoms with van der Waals surface area (Å²) in [5.74, 6) is 0.644. The fourth-order valence-corrected chi connectivity index (χ4v) is 2.67. The molecule has 0 fully saturated rings. The molecule has 2 nitrogen and oxygen atoms in total. The SMILES string of the molecule is Brc1ccc(-c2nc(-c3ccc(CI)cc3)co2)cc1. The van der Waals surface area contributed by atoms with Crippen LogP contribution in [0.25, 0.3) is 22.7 Å². The predicted molar refractivity (Wildman–Crippen MR) is 92.8 cm³/mol. The summed E-state index contributed by atoms with van der Waals surface area (Å²) in [4.78, 5) is 4.55. The van der Waals surface area contributed by atoms with Gasteiger partial charge in [-0.25, -0.2) is 4.98 Å². The van der Waals surface area contributed by atoms with E-state index in [1.54, 1.807) is 6.26 Å². The van der Waals surface area contributed by atoms with Crippen molar-refractivity contribution in [1.82, 2.24) is 4.98 Å². The van der Waals surface area contributed by atoms with Gasteiger partial charge >= 0.3 is 0 Å². The van der Waals surface area contributed by atoms with E-state index in [2.05, 4.69) is 67.8 Å². The minimum atomic E-state index is 0.644. The van der Waals surface area contributed by atoms with Crippen LogP contribution in [0.5, 0.6) is 0 Å². The number of hydrogen-bond donors (Lipinski definition) is 0. The molecule has 1 heterocycles. The van der Waals surface area contributed by atoms with E-state index < -0.39 is 0 Å². The lowest BCUT2D eigenvalue weighted by Gasteiger charge is -1.98. The van der Waals surface area contributed by atoms with Crippen molar-refractivity contribution >= 4 is 38.5 Å². The molecule has 0 aliphatic rings. The lowest BCUT2D eigenvalue weighted by Crippen LogP contribution is -1.81. The van der Waals surface area contributed by atoms with Crippen LogP contribution in [-0.4, -0.2) is 4.98 Å². The first-order chi connectivity index (χ1) is 9.76. The van der Waals surface area contributed by atoms with E-state index >= 15 is 0 Å². The summed E-state index contributed by atoms with van der Waals surface area (Å²) in [5, 5.41) is 0. The Morgan fingerprint density at radius 2 is 1.60 bits per heavy atom. The second-order valence-corrected chi connectivity index (χ2v) is 6.05. The highest BCUT2D eigenvalue weighted by Gasteiger charge is 2.08. The number of rotatable bonds is 3. The van der Waals surface area contributed by atoms with E-state index in [4.69, 9.17) is 4.42 Å². The zero-order valence-corrected chi connectivity index (χ0v) is 14.3. The number of hydrogen-bond acceptors (Lipinski definition) is 2. The first kappa shape index (κ1) is 13.8. The van der Waals surface area contributed by atoms with Crippen molar-refractivity contribution in [2.45, 2.75) is 4.43 Å². The first-order valence-electron chi connectivity index (χ1n) is 6.13. The van der Waals surface area contributed by atoms with Crippen LogP contribution < -0.4 is 0 Å². The third-order valence-corrected chi connectivity index (χ3v) is 4.41. The molecule has 0 N–H and O–H groups in total. The largest absolute Gasteiger partial charge is 0.444 e. The van der Waals surface area contributed by atoms with Crippen LogP contribution >= 0.6 is 38.5 Å². The van der Waals surface area contributed by atoms with E-state index in [9.17, 15) is 0 Å². The lowest BCUT2D eigenvalue weighted by atomic mass is 10.1. The molecule has 2 aromatic carbocycles. The highest BCUT2D eigenvalue weighted by Crippen LogP contribution is 2.26. The third kappa shape index (κ3) is 2.96. The van der Waals surface area contributed by atoms with Crippen molar-refractivity contribution in [3.8, 4) is 22.7 Å². The van der Waals surface area contributed by atoms with Crippen LogP contribution in [-0.2, 0) is 4.43 Å². The van der Waals surface area contributed by atoms with Crippen molar-refractivity contribution in [2.24, 2.45) is 0 Å². The quantitative estimate of drug-likeness (QED) is 0.386. The van der Waals surface area contributed by atoms with E-state index in [1.165, 1.54) is 5.56 Å². The predicted octanol–water partition coefficient (Wildman–Crippen LogP) is 5.71. The van der Waals surface area contributed by atoms with Crippen molar-refractivity contribution in [3.63, 3.8) is 0 Å². The van der Waals surface area contributed by atoms with Crippen LogP contribution in [0.4, 0.5) is 0 Å². The molecule has 0 aliphatic heterocycles. The molecule has 0 saturated heterocycles. The molecule has 100 valence electrons. The van der Waals surface area contributed by atoms with Crippen molar-refractivity contribution < 1.29 is 4.42 Å². The topological polar surface area (TPSA) is 26.0 Å². The van der Waals surface area contributed by atoms with Crippen LogP contribution in [0, 0.1) is 0 Å². The Morgan fingerprint density at radius 3 is 2.25 bits per heavy atom. The van der Waals surface area contributed by atoms with E-state index in [0.29, 0.717) is 5.89 Å². The standard InChI is InChI=1S/C16H11BrINO/c17-14-7-5-13(6-8-14)16-19-15(10-20-16)12-3-1-11(9-18)2-4-12/h1-8,10H,9H2. The van der Waals surface area contributed by atoms with Gasteiger partial charge in [-0.1, -0.05) is 62.8 Å². The molecule has 0 spiro atoms. The fraction of sp³-hybridized carbons (Fsp3) is 0.0625. The maximum atomic E-state index is 5.57. The Bertz CT molecular complexity index is 704. The Balaban J connectivity index is 1.91. The summed E-state index contributed by atoms with van der Waals surface area (Å²) < 4.78 is 7.63. The number of oxazole rings is 1. The number of aromatic nitrogens is 1. The molecule has 3 aromatic rings. The zero-order chi connectivity index (χ0) is 13.9. The summed E-state index contributed by atoms with van der Waals surface area (Å²) in [6.45, 7) is 0. The average molecular weight is 440 g/mol. The van der Waals surface area contributed by atoms with Crippen molar-refractivity contribution in [2.75, 3.05) is 0 Å². The average Bonchev–Trinajstić information content (AvgIpc) is 2.98. The van der Waals surface area contributed by atoms with Gasteiger partial charge in [0.15, 0.2) is 0 Å². The van der Waals surface area contributed by atoms with Gasteiger partial charge in [0.05, 0.1) is 0 Å². The maximum absolute atomic E-state index is 5.57. The minimum absolute atomic E-state index is 0.644. The van der Waals surface area contributed by atoms with Crippen molar-refractivity contribution in [1.29, 1.82) is 0 Å². The first-order valence-corrected chi connectivity index (χ1v) is 8.45. The van der Waals surface area contributed by atoms with Crippen molar-refractivity contribution in [3.05, 3.63) is 64.8 Å². The zero-order valence-electron chi connectivity index (χ0n) is 10.5. The summed E-state index contributed by atoms with van der Waals surface area (Å²) in [6, 6.07) is 16.3. The molecule has 4 heteroatoms. The molecule has 3 rings (SSSR count). The molecule has 1 aromatic heterocycles. The van der Waals surface area contributed by atoms with Crippen LogP contribution in [0.2, 0.25) is 0 Å². The summed E-state index contributed by atoms with van der Waals surface area (Å²) in [5.41, 5.74) is 4.22. The number of benzene rings is 2. The van der Waals surface area contributed by atoms with Gasteiger partial charge in [-0.15, -0.1) is 0 Å². The molecule has 0 saturated carbocycles. The Morgan fingerprint density at radius 1 is 0.950 bits per heavy atom. The molecule has 0 bridgehead atoms. The maximum Gasteiger partial charge on any atom is 0.226 e.